The van der Waals surface area contributed by atoms with E-state index in [1.165, 1.54) is 6.07 Å². The number of rotatable bonds is 8. The molecular weight excluding hydrogens is 593 g/mol. The van der Waals surface area contributed by atoms with Crippen molar-refractivity contribution in [3.63, 3.8) is 0 Å². The summed E-state index contributed by atoms with van der Waals surface area (Å²) in [5.41, 5.74) is 6.98. The number of nitrogens with zero attached hydrogens (tertiary/aromatic N) is 3. The first kappa shape index (κ1) is 26.1. The lowest BCUT2D eigenvalue weighted by Crippen LogP contribution is -2.29. The Bertz CT molecular complexity index is 1140. The van der Waals surface area contributed by atoms with Crippen LogP contribution >= 0.6 is 34.2 Å². The molecule has 1 aromatic heterocycles. The molecule has 2 aromatic rings. The van der Waals surface area contributed by atoms with Gasteiger partial charge in [-0.05, 0) is 40.6 Å². The first-order valence-corrected chi connectivity index (χ1v) is 12.6. The van der Waals surface area contributed by atoms with Crippen molar-refractivity contribution in [2.75, 3.05) is 11.9 Å². The summed E-state index contributed by atoms with van der Waals surface area (Å²) in [4.78, 5) is 15.5. The molecule has 0 saturated carbocycles. The third-order valence-corrected chi connectivity index (χ3v) is 7.09. The van der Waals surface area contributed by atoms with Crippen LogP contribution in [0.5, 0.6) is 0 Å². The van der Waals surface area contributed by atoms with Crippen molar-refractivity contribution in [2.45, 2.75) is 56.9 Å². The van der Waals surface area contributed by atoms with E-state index >= 15 is 0 Å². The summed E-state index contributed by atoms with van der Waals surface area (Å²) in [6.45, 7) is 3.66. The van der Waals surface area contributed by atoms with Crippen molar-refractivity contribution in [3.8, 4) is 0 Å². The molecule has 11 nitrogen and oxygen atoms in total. The Balaban J connectivity index is 1.66. The van der Waals surface area contributed by atoms with Gasteiger partial charge in [0.1, 0.15) is 18.1 Å². The zero-order chi connectivity index (χ0) is 25.4. The van der Waals surface area contributed by atoms with Gasteiger partial charge in [-0.2, -0.15) is 0 Å². The van der Waals surface area contributed by atoms with Crippen LogP contribution < -0.4 is 11.1 Å². The number of nitro groups is 1. The second-order valence-corrected chi connectivity index (χ2v) is 10.5. The summed E-state index contributed by atoms with van der Waals surface area (Å²) in [6, 6.07) is 5.07. The van der Waals surface area contributed by atoms with Crippen LogP contribution in [-0.2, 0) is 16.1 Å². The highest BCUT2D eigenvalue weighted by molar-refractivity contribution is 14.1. The van der Waals surface area contributed by atoms with E-state index in [0.717, 1.165) is 3.57 Å². The maximum atomic E-state index is 11.7. The van der Waals surface area contributed by atoms with E-state index in [-0.39, 0.29) is 37.2 Å². The number of hydrogen-bond donors (Lipinski definition) is 4. The van der Waals surface area contributed by atoms with Gasteiger partial charge >= 0.3 is 0 Å². The van der Waals surface area contributed by atoms with Gasteiger partial charge in [-0.15, -0.1) is 0 Å². The van der Waals surface area contributed by atoms with E-state index in [0.29, 0.717) is 22.5 Å². The molecule has 0 radical (unpaired) electrons. The molecular formula is C22H27ClIN5O6. The molecule has 5 atom stereocenters. The number of ether oxygens (including phenoxy) is 2. The highest BCUT2D eigenvalue weighted by Crippen LogP contribution is 2.42. The van der Waals surface area contributed by atoms with Gasteiger partial charge in [0.15, 0.2) is 11.5 Å². The monoisotopic (exact) mass is 619 g/mol. The standard InChI is InChI=1S/C22H27ClIN5O6/c1-10(2)19(13-4-3-12(24)5-14(13)29(32)33)34-9-11-7-28(17-6-15(31)16(8-30)35-17)21-18(11)20(23)26-22(25)27-21/h3-5,7,10,15-17,19-20,30-31H,6,8-9H2,1-2H3,(H3,25,26,27)/t15-,16-,17-,19+,20?/m1/s1. The summed E-state index contributed by atoms with van der Waals surface area (Å²) < 4.78 is 14.6. The van der Waals surface area contributed by atoms with Crippen molar-refractivity contribution >= 4 is 51.7 Å². The number of nitrogens with two attached hydrogens (primary N) is 1. The molecule has 5 N–H and O–H groups in total. The summed E-state index contributed by atoms with van der Waals surface area (Å²) in [7, 11) is 0. The van der Waals surface area contributed by atoms with E-state index in [2.05, 4.69) is 10.3 Å². The average Bonchev–Trinajstić information content (AvgIpc) is 3.34. The molecule has 0 spiro atoms. The minimum Gasteiger partial charge on any atom is -0.394 e. The Hall–Kier alpha value is -1.97. The van der Waals surface area contributed by atoms with E-state index in [9.17, 15) is 20.3 Å². The Kier molecular flexibility index (Phi) is 7.88. The van der Waals surface area contributed by atoms with Gasteiger partial charge in [0, 0.05) is 33.4 Å². The van der Waals surface area contributed by atoms with Gasteiger partial charge in [0.2, 0.25) is 0 Å². The molecule has 1 fully saturated rings. The van der Waals surface area contributed by atoms with E-state index < -0.39 is 35.0 Å². The molecule has 0 aliphatic carbocycles. The third-order valence-electron chi connectivity index (χ3n) is 6.11. The van der Waals surface area contributed by atoms with E-state index in [1.807, 2.05) is 42.5 Å². The van der Waals surface area contributed by atoms with Gasteiger partial charge in [-0.1, -0.05) is 25.4 Å². The number of aliphatic imine (C=N–C) groups is 1. The number of benzene rings is 1. The minimum atomic E-state index is -0.823. The number of nitrogens with one attached hydrogen (secondary N) is 1. The van der Waals surface area contributed by atoms with Crippen molar-refractivity contribution in [3.05, 3.63) is 54.8 Å². The third kappa shape index (κ3) is 5.27. The molecule has 1 unspecified atom stereocenters. The maximum Gasteiger partial charge on any atom is 0.276 e. The quantitative estimate of drug-likeness (QED) is 0.115. The van der Waals surface area contributed by atoms with Crippen molar-refractivity contribution in [1.82, 2.24) is 4.57 Å². The smallest absolute Gasteiger partial charge is 0.276 e. The van der Waals surface area contributed by atoms with Crippen molar-refractivity contribution in [2.24, 2.45) is 16.6 Å². The number of aliphatic hydroxyl groups is 2. The normalized spacial score (nSPS) is 24.7. The highest BCUT2D eigenvalue weighted by Gasteiger charge is 2.38. The molecule has 3 heterocycles. The molecule has 190 valence electrons. The van der Waals surface area contributed by atoms with Crippen LogP contribution in [0.4, 0.5) is 11.5 Å². The predicted octanol–water partition coefficient (Wildman–Crippen LogP) is 3.53. The van der Waals surface area contributed by atoms with Gasteiger partial charge in [-0.3, -0.25) is 10.1 Å². The van der Waals surface area contributed by atoms with Gasteiger partial charge < -0.3 is 35.3 Å². The molecule has 35 heavy (non-hydrogen) atoms. The molecule has 0 bridgehead atoms. The minimum absolute atomic E-state index is 0.00727. The summed E-state index contributed by atoms with van der Waals surface area (Å²) in [5.74, 6) is 0.647. The van der Waals surface area contributed by atoms with Crippen molar-refractivity contribution in [1.29, 1.82) is 0 Å². The van der Waals surface area contributed by atoms with Gasteiger partial charge in [0.25, 0.3) is 5.69 Å². The fourth-order valence-electron chi connectivity index (χ4n) is 4.46. The topological polar surface area (TPSA) is 157 Å². The number of fused-ring (bicyclic) bond motifs is 1. The number of hydrogen-bond acceptors (Lipinski definition) is 9. The zero-order valence-electron chi connectivity index (χ0n) is 19.1. The van der Waals surface area contributed by atoms with Crippen LogP contribution in [0, 0.1) is 19.6 Å². The van der Waals surface area contributed by atoms with Crippen LogP contribution in [-0.4, -0.2) is 44.5 Å². The highest BCUT2D eigenvalue weighted by atomic mass is 127. The van der Waals surface area contributed by atoms with Crippen LogP contribution in [0.1, 0.15) is 54.8 Å². The van der Waals surface area contributed by atoms with Gasteiger partial charge in [-0.25, -0.2) is 4.99 Å². The SMILES string of the molecule is CC(C)[C@H](OCc1cn([C@H]2C[C@@H](O)[C@@H](CO)O2)c2c1C(Cl)N=C(N)N2)c1ccc(I)cc1[N+](=O)[O-]. The lowest BCUT2D eigenvalue weighted by Gasteiger charge is -2.23. The largest absolute Gasteiger partial charge is 0.394 e. The maximum absolute atomic E-state index is 11.7. The second-order valence-electron chi connectivity index (χ2n) is 8.85. The summed E-state index contributed by atoms with van der Waals surface area (Å²) >= 11 is 8.58. The van der Waals surface area contributed by atoms with Crippen LogP contribution in [0.25, 0.3) is 0 Å². The first-order valence-electron chi connectivity index (χ1n) is 11.1. The Morgan fingerprint density at radius 1 is 1.49 bits per heavy atom. The predicted molar refractivity (Wildman–Crippen MR) is 138 cm³/mol. The number of nitro benzene ring substituents is 1. The molecule has 1 aromatic carbocycles. The number of guanidine groups is 1. The number of anilines is 1. The molecule has 0 amide bonds. The molecule has 2 aliphatic heterocycles. The number of aromatic nitrogens is 1. The van der Waals surface area contributed by atoms with Crippen molar-refractivity contribution < 1.29 is 24.6 Å². The number of halogens is 2. The fourth-order valence-corrected chi connectivity index (χ4v) is 5.28. The molecule has 4 rings (SSSR count). The number of aliphatic hydroxyl groups excluding tert-OH is 2. The Morgan fingerprint density at radius 2 is 2.23 bits per heavy atom. The Labute approximate surface area is 220 Å². The average molecular weight is 620 g/mol. The van der Waals surface area contributed by atoms with Crippen LogP contribution in [0.3, 0.4) is 0 Å². The second kappa shape index (κ2) is 10.6. The summed E-state index contributed by atoms with van der Waals surface area (Å²) in [6.07, 6.45) is -0.583. The molecule has 13 heteroatoms. The fraction of sp³-hybridized carbons (Fsp3) is 0.500. The van der Waals surface area contributed by atoms with E-state index in [4.69, 9.17) is 26.8 Å². The zero-order valence-corrected chi connectivity index (χ0v) is 22.0. The van der Waals surface area contributed by atoms with Crippen LogP contribution in [0.15, 0.2) is 29.4 Å². The molecule has 2 aliphatic rings. The van der Waals surface area contributed by atoms with Gasteiger partial charge in [0.05, 0.1) is 35.9 Å². The summed E-state index contributed by atoms with van der Waals surface area (Å²) in [5, 5.41) is 34.4. The lowest BCUT2D eigenvalue weighted by molar-refractivity contribution is -0.386. The lowest BCUT2D eigenvalue weighted by atomic mass is 9.97. The first-order chi connectivity index (χ1) is 16.6. The Morgan fingerprint density at radius 3 is 2.86 bits per heavy atom. The molecule has 1 saturated heterocycles. The van der Waals surface area contributed by atoms with Crippen LogP contribution in [0.2, 0.25) is 0 Å². The van der Waals surface area contributed by atoms with E-state index in [1.54, 1.807) is 16.8 Å². The number of alkyl halides is 1.